The second-order valence-corrected chi connectivity index (χ2v) is 9.14. The number of amides is 1. The smallest absolute Gasteiger partial charge is 0.416 e. The van der Waals surface area contributed by atoms with Crippen LogP contribution in [0, 0.1) is 10.1 Å². The Kier molecular flexibility index (Phi) is 8.68. The number of hydrogen-bond donors (Lipinski definition) is 1. The van der Waals surface area contributed by atoms with Gasteiger partial charge >= 0.3 is 16.3 Å². The van der Waals surface area contributed by atoms with Gasteiger partial charge in [-0.15, -0.1) is 0 Å². The highest BCUT2D eigenvalue weighted by Gasteiger charge is 2.30. The van der Waals surface area contributed by atoms with Gasteiger partial charge in [-0.2, -0.15) is 26.7 Å². The molecule has 0 aliphatic heterocycles. The molecule has 3 aromatic rings. The van der Waals surface area contributed by atoms with Gasteiger partial charge in [-0.05, 0) is 54.4 Å². The minimum atomic E-state index is -4.53. The van der Waals surface area contributed by atoms with Gasteiger partial charge < -0.3 is 8.92 Å². The lowest BCUT2D eigenvalue weighted by Gasteiger charge is -2.12. The van der Waals surface area contributed by atoms with Crippen LogP contribution in [0.5, 0.6) is 11.5 Å². The average molecular weight is 551 g/mol. The number of nitro groups is 1. The maximum atomic E-state index is 12.8. The van der Waals surface area contributed by atoms with E-state index in [1.165, 1.54) is 36.5 Å². The third kappa shape index (κ3) is 7.52. The molecule has 10 nitrogen and oxygen atoms in total. The van der Waals surface area contributed by atoms with Crippen molar-refractivity contribution < 1.29 is 40.2 Å². The van der Waals surface area contributed by atoms with Crippen molar-refractivity contribution >= 4 is 27.9 Å². The van der Waals surface area contributed by atoms with E-state index in [1.807, 2.05) is 0 Å². The first-order valence-electron chi connectivity index (χ1n) is 10.8. The topological polar surface area (TPSA) is 137 Å². The second kappa shape index (κ2) is 11.7. The maximum Gasteiger partial charge on any atom is 0.416 e. The number of nitrogens with zero attached hydrogens (tertiary/aromatic N) is 2. The molecule has 0 saturated carbocycles. The Morgan fingerprint density at radius 1 is 1.08 bits per heavy atom. The molecular weight excluding hydrogens is 531 g/mol. The maximum absolute atomic E-state index is 12.8. The van der Waals surface area contributed by atoms with Gasteiger partial charge in [0.05, 0.1) is 29.7 Å². The van der Waals surface area contributed by atoms with Crippen LogP contribution in [0.25, 0.3) is 0 Å². The number of alkyl halides is 3. The fraction of sp³-hybridized carbons (Fsp3) is 0.167. The molecule has 0 saturated heterocycles. The summed E-state index contributed by atoms with van der Waals surface area (Å²) in [5, 5.41) is 14.5. The van der Waals surface area contributed by atoms with Crippen molar-refractivity contribution in [1.29, 1.82) is 0 Å². The molecule has 0 heterocycles. The summed E-state index contributed by atoms with van der Waals surface area (Å²) < 4.78 is 74.3. The van der Waals surface area contributed by atoms with Gasteiger partial charge in [0.1, 0.15) is 4.90 Å². The minimum Gasteiger partial charge on any atom is -0.490 e. The van der Waals surface area contributed by atoms with Gasteiger partial charge in [0, 0.05) is 12.1 Å². The van der Waals surface area contributed by atoms with E-state index in [1.54, 1.807) is 6.92 Å². The molecule has 3 aromatic carbocycles. The van der Waals surface area contributed by atoms with Gasteiger partial charge in [0.15, 0.2) is 11.5 Å². The number of halogens is 3. The number of hydrazone groups is 1. The van der Waals surface area contributed by atoms with Crippen LogP contribution in [0.15, 0.2) is 76.7 Å². The highest BCUT2D eigenvalue weighted by atomic mass is 32.2. The summed E-state index contributed by atoms with van der Waals surface area (Å²) in [4.78, 5) is 21.9. The zero-order valence-corrected chi connectivity index (χ0v) is 20.5. The first-order valence-corrected chi connectivity index (χ1v) is 12.2. The van der Waals surface area contributed by atoms with Crippen LogP contribution in [0.4, 0.5) is 18.9 Å². The third-order valence-corrected chi connectivity index (χ3v) is 6.07. The standard InChI is InChI=1S/C24H20F3N3O7S/c1-2-36-22-13-17(15-28-29-23(31)14-16-4-3-5-18(12-16)24(25,26)27)6-11-21(22)37-38(34,35)20-9-7-19(8-10-20)30(32)33/h3-13,15H,2,14H2,1H3,(H,29,31)/b28-15-. The third-order valence-electron chi connectivity index (χ3n) is 4.83. The van der Waals surface area contributed by atoms with E-state index in [2.05, 4.69) is 10.5 Å². The number of carbonyl (C=O) groups is 1. The average Bonchev–Trinajstić information content (AvgIpc) is 2.85. The Bertz CT molecular complexity index is 1460. The molecular formula is C24H20F3N3O7S. The monoisotopic (exact) mass is 551 g/mol. The van der Waals surface area contributed by atoms with E-state index in [4.69, 9.17) is 8.92 Å². The summed E-state index contributed by atoms with van der Waals surface area (Å²) in [7, 11) is -4.34. The summed E-state index contributed by atoms with van der Waals surface area (Å²) in [6.07, 6.45) is -3.64. The van der Waals surface area contributed by atoms with Crippen molar-refractivity contribution in [3.63, 3.8) is 0 Å². The van der Waals surface area contributed by atoms with Crippen LogP contribution in [0.3, 0.4) is 0 Å². The molecule has 0 aliphatic carbocycles. The van der Waals surface area contributed by atoms with Gasteiger partial charge in [0.25, 0.3) is 5.69 Å². The quantitative estimate of drug-likeness (QED) is 0.170. The van der Waals surface area contributed by atoms with Crippen molar-refractivity contribution in [2.24, 2.45) is 5.10 Å². The summed E-state index contributed by atoms with van der Waals surface area (Å²) >= 11 is 0. The largest absolute Gasteiger partial charge is 0.490 e. The van der Waals surface area contributed by atoms with Crippen LogP contribution < -0.4 is 14.3 Å². The van der Waals surface area contributed by atoms with Crippen LogP contribution >= 0.6 is 0 Å². The van der Waals surface area contributed by atoms with E-state index in [-0.39, 0.29) is 40.7 Å². The molecule has 0 spiro atoms. The molecule has 0 radical (unpaired) electrons. The number of rotatable bonds is 10. The minimum absolute atomic E-state index is 0.0391. The van der Waals surface area contributed by atoms with Crippen LogP contribution in [-0.4, -0.2) is 32.1 Å². The molecule has 0 aliphatic rings. The molecule has 0 atom stereocenters. The molecule has 0 aromatic heterocycles. The predicted octanol–water partition coefficient (Wildman–Crippen LogP) is 4.47. The Morgan fingerprint density at radius 2 is 1.79 bits per heavy atom. The zero-order valence-electron chi connectivity index (χ0n) is 19.6. The molecule has 0 bridgehead atoms. The summed E-state index contributed by atoms with van der Waals surface area (Å²) in [5.41, 5.74) is 1.59. The van der Waals surface area contributed by atoms with Gasteiger partial charge in [0.2, 0.25) is 5.91 Å². The molecule has 3 rings (SSSR count). The number of non-ortho nitro benzene ring substituents is 1. The molecule has 1 amide bonds. The highest BCUT2D eigenvalue weighted by Crippen LogP contribution is 2.31. The zero-order chi connectivity index (χ0) is 27.9. The number of hydrogen-bond acceptors (Lipinski definition) is 8. The van der Waals surface area contributed by atoms with Crippen LogP contribution in [0.2, 0.25) is 0 Å². The van der Waals surface area contributed by atoms with E-state index in [0.717, 1.165) is 36.4 Å². The number of benzene rings is 3. The Balaban J connectivity index is 1.69. The van der Waals surface area contributed by atoms with Crippen LogP contribution in [-0.2, 0) is 27.5 Å². The lowest BCUT2D eigenvalue weighted by Crippen LogP contribution is -2.20. The van der Waals surface area contributed by atoms with Gasteiger partial charge in [-0.3, -0.25) is 14.9 Å². The normalized spacial score (nSPS) is 11.8. The fourth-order valence-corrected chi connectivity index (χ4v) is 4.04. The first-order chi connectivity index (χ1) is 17.9. The van der Waals surface area contributed by atoms with E-state index in [0.29, 0.717) is 5.56 Å². The molecule has 0 unspecified atom stereocenters. The lowest BCUT2D eigenvalue weighted by molar-refractivity contribution is -0.384. The molecule has 14 heteroatoms. The predicted molar refractivity (Wildman–Crippen MR) is 129 cm³/mol. The SMILES string of the molecule is CCOc1cc(/C=N\NC(=O)Cc2cccc(C(F)(F)F)c2)ccc1OS(=O)(=O)c1ccc([N+](=O)[O-])cc1. The number of carbonyl (C=O) groups excluding carboxylic acids is 1. The molecule has 1 N–H and O–H groups in total. The van der Waals surface area contributed by atoms with Gasteiger partial charge in [-0.25, -0.2) is 5.43 Å². The lowest BCUT2D eigenvalue weighted by atomic mass is 10.1. The fourth-order valence-electron chi connectivity index (χ4n) is 3.10. The summed E-state index contributed by atoms with van der Waals surface area (Å²) in [6.45, 7) is 1.81. The summed E-state index contributed by atoms with van der Waals surface area (Å²) in [5.74, 6) is -0.770. The number of ether oxygens (including phenoxy) is 1. The number of nitro benzene ring substituents is 1. The Labute approximate surface area is 215 Å². The van der Waals surface area contributed by atoms with Crippen molar-refractivity contribution in [3.05, 3.63) is 93.5 Å². The van der Waals surface area contributed by atoms with Crippen molar-refractivity contribution in [2.45, 2.75) is 24.4 Å². The second-order valence-electron chi connectivity index (χ2n) is 7.60. The Morgan fingerprint density at radius 3 is 2.42 bits per heavy atom. The molecule has 38 heavy (non-hydrogen) atoms. The Hall–Kier alpha value is -4.46. The van der Waals surface area contributed by atoms with Crippen molar-refractivity contribution in [2.75, 3.05) is 6.61 Å². The first kappa shape index (κ1) is 28.1. The molecule has 200 valence electrons. The van der Waals surface area contributed by atoms with Crippen molar-refractivity contribution in [1.82, 2.24) is 5.43 Å². The van der Waals surface area contributed by atoms with E-state index in [9.17, 15) is 36.5 Å². The van der Waals surface area contributed by atoms with Crippen molar-refractivity contribution in [3.8, 4) is 11.5 Å². The number of nitrogens with one attached hydrogen (secondary N) is 1. The van der Waals surface area contributed by atoms with Gasteiger partial charge in [-0.1, -0.05) is 18.2 Å². The summed E-state index contributed by atoms with van der Waals surface area (Å²) in [6, 6.07) is 12.6. The van der Waals surface area contributed by atoms with Crippen LogP contribution in [0.1, 0.15) is 23.6 Å². The van der Waals surface area contributed by atoms with E-state index < -0.39 is 32.7 Å². The van der Waals surface area contributed by atoms with E-state index >= 15 is 0 Å². The highest BCUT2D eigenvalue weighted by molar-refractivity contribution is 7.87. The molecule has 0 fully saturated rings.